The largest absolute Gasteiger partial charge is 0.454 e. The molecule has 1 aliphatic rings. The van der Waals surface area contributed by atoms with Gasteiger partial charge >= 0.3 is 0 Å². The molecule has 0 bridgehead atoms. The number of imidazole rings is 1. The summed E-state index contributed by atoms with van der Waals surface area (Å²) >= 11 is 0. The van der Waals surface area contributed by atoms with Crippen molar-refractivity contribution >= 4 is 28.8 Å². The van der Waals surface area contributed by atoms with Gasteiger partial charge in [0.05, 0.1) is 11.0 Å². The minimum absolute atomic E-state index is 0.0719. The highest BCUT2D eigenvalue weighted by molar-refractivity contribution is 6.01. The van der Waals surface area contributed by atoms with E-state index in [0.717, 1.165) is 17.5 Å². The fourth-order valence-corrected chi connectivity index (χ4v) is 3.17. The van der Waals surface area contributed by atoms with E-state index in [9.17, 15) is 9.59 Å². The number of ether oxygens (including phenoxy) is 2. The Morgan fingerprint density at radius 2 is 1.97 bits per heavy atom. The molecule has 0 spiro atoms. The molecule has 1 aromatic heterocycles. The van der Waals surface area contributed by atoms with Gasteiger partial charge in [-0.15, -0.1) is 0 Å². The van der Waals surface area contributed by atoms with E-state index in [1.165, 1.54) is 0 Å². The first-order chi connectivity index (χ1) is 14.0. The van der Waals surface area contributed by atoms with E-state index in [2.05, 4.69) is 20.6 Å². The fraction of sp³-hybridized carbons (Fsp3) is 0.286. The quantitative estimate of drug-likeness (QED) is 0.596. The van der Waals surface area contributed by atoms with Crippen molar-refractivity contribution in [2.75, 3.05) is 12.1 Å². The average molecular weight is 394 g/mol. The zero-order chi connectivity index (χ0) is 20.4. The van der Waals surface area contributed by atoms with Gasteiger partial charge in [-0.2, -0.15) is 0 Å². The van der Waals surface area contributed by atoms with Crippen molar-refractivity contribution < 1.29 is 19.1 Å². The van der Waals surface area contributed by atoms with Crippen LogP contribution < -0.4 is 20.1 Å². The van der Waals surface area contributed by atoms with Gasteiger partial charge < -0.3 is 19.8 Å². The third kappa shape index (κ3) is 3.87. The number of benzene rings is 2. The Hall–Kier alpha value is -3.55. The number of carbonyl (C=O) groups excluding carboxylic acids is 2. The summed E-state index contributed by atoms with van der Waals surface area (Å²) in [7, 11) is 0. The first kappa shape index (κ1) is 18.8. The van der Waals surface area contributed by atoms with Crippen molar-refractivity contribution in [2.24, 2.45) is 5.92 Å². The maximum atomic E-state index is 12.9. The number of hydrogen-bond acceptors (Lipinski definition) is 5. The summed E-state index contributed by atoms with van der Waals surface area (Å²) in [4.78, 5) is 33.1. The molecule has 1 aliphatic heterocycles. The van der Waals surface area contributed by atoms with Crippen LogP contribution in [0.25, 0.3) is 11.0 Å². The number of H-pyrrole nitrogens is 1. The van der Waals surface area contributed by atoms with Crippen LogP contribution in [-0.4, -0.2) is 34.6 Å². The highest BCUT2D eigenvalue weighted by atomic mass is 16.7. The van der Waals surface area contributed by atoms with Crippen LogP contribution in [0, 0.1) is 5.92 Å². The zero-order valence-corrected chi connectivity index (χ0v) is 16.2. The number of aromatic nitrogens is 2. The van der Waals surface area contributed by atoms with Gasteiger partial charge in [-0.3, -0.25) is 14.9 Å². The molecule has 4 rings (SSSR count). The first-order valence-electron chi connectivity index (χ1n) is 9.51. The van der Waals surface area contributed by atoms with Crippen molar-refractivity contribution in [3.8, 4) is 11.5 Å². The molecule has 2 atom stereocenters. The molecule has 3 aromatic rings. The molecular formula is C21H22N4O4. The summed E-state index contributed by atoms with van der Waals surface area (Å²) < 4.78 is 10.6. The molecule has 0 saturated carbocycles. The SMILES string of the molecule is CC[C@@H](C)[C@@H](NC(=O)c1ccc2c(c1)OCO2)C(=O)Nc1nc2ccccc2[nH]1. The van der Waals surface area contributed by atoms with E-state index in [1.54, 1.807) is 18.2 Å². The molecule has 29 heavy (non-hydrogen) atoms. The summed E-state index contributed by atoms with van der Waals surface area (Å²) in [5.41, 5.74) is 1.98. The summed E-state index contributed by atoms with van der Waals surface area (Å²) in [6, 6.07) is 11.7. The van der Waals surface area contributed by atoms with E-state index in [0.29, 0.717) is 23.0 Å². The maximum Gasteiger partial charge on any atom is 0.252 e. The molecule has 2 amide bonds. The van der Waals surface area contributed by atoms with E-state index in [1.807, 2.05) is 38.1 Å². The molecule has 3 N–H and O–H groups in total. The van der Waals surface area contributed by atoms with Gasteiger partial charge in [0.15, 0.2) is 11.5 Å². The van der Waals surface area contributed by atoms with Crippen molar-refractivity contribution in [3.05, 3.63) is 48.0 Å². The first-order valence-corrected chi connectivity index (χ1v) is 9.51. The third-order valence-electron chi connectivity index (χ3n) is 5.05. The standard InChI is InChI=1S/C21H22N4O4/c1-3-12(2)18(20(27)25-21-22-14-6-4-5-7-15(14)23-21)24-19(26)13-8-9-16-17(10-13)29-11-28-16/h4-10,12,18H,3,11H2,1-2H3,(H,24,26)(H2,22,23,25,27)/t12-,18-/m1/s1. The minimum Gasteiger partial charge on any atom is -0.454 e. The normalized spacial score (nSPS) is 14.4. The molecule has 2 heterocycles. The van der Waals surface area contributed by atoms with Crippen LogP contribution in [0.15, 0.2) is 42.5 Å². The Morgan fingerprint density at radius 1 is 1.17 bits per heavy atom. The van der Waals surface area contributed by atoms with E-state index in [-0.39, 0.29) is 24.5 Å². The summed E-state index contributed by atoms with van der Waals surface area (Å²) in [5, 5.41) is 5.62. The zero-order valence-electron chi connectivity index (χ0n) is 16.2. The topological polar surface area (TPSA) is 105 Å². The summed E-state index contributed by atoms with van der Waals surface area (Å²) in [6.45, 7) is 4.03. The predicted octanol–water partition coefficient (Wildman–Crippen LogP) is 3.07. The smallest absolute Gasteiger partial charge is 0.252 e. The van der Waals surface area contributed by atoms with Crippen molar-refractivity contribution in [1.82, 2.24) is 15.3 Å². The van der Waals surface area contributed by atoms with Crippen LogP contribution in [0.3, 0.4) is 0 Å². The van der Waals surface area contributed by atoms with Gasteiger partial charge in [0.25, 0.3) is 5.91 Å². The number of amides is 2. The molecule has 8 nitrogen and oxygen atoms in total. The molecule has 0 fully saturated rings. The molecule has 150 valence electrons. The second kappa shape index (κ2) is 7.83. The maximum absolute atomic E-state index is 12.9. The summed E-state index contributed by atoms with van der Waals surface area (Å²) in [5.74, 6) is 0.715. The number of fused-ring (bicyclic) bond motifs is 2. The predicted molar refractivity (Wildman–Crippen MR) is 108 cm³/mol. The Morgan fingerprint density at radius 3 is 2.76 bits per heavy atom. The van der Waals surface area contributed by atoms with Crippen LogP contribution in [-0.2, 0) is 4.79 Å². The van der Waals surface area contributed by atoms with Crippen LogP contribution in [0.5, 0.6) is 11.5 Å². The number of nitrogens with zero attached hydrogens (tertiary/aromatic N) is 1. The van der Waals surface area contributed by atoms with Crippen molar-refractivity contribution in [3.63, 3.8) is 0 Å². The molecular weight excluding hydrogens is 372 g/mol. The number of para-hydroxylation sites is 2. The Balaban J connectivity index is 1.50. The van der Waals surface area contributed by atoms with Gasteiger partial charge in [0.2, 0.25) is 18.6 Å². The van der Waals surface area contributed by atoms with Crippen LogP contribution in [0.1, 0.15) is 30.6 Å². The number of carbonyl (C=O) groups is 2. The molecule has 2 aromatic carbocycles. The molecule has 0 radical (unpaired) electrons. The monoisotopic (exact) mass is 394 g/mol. The van der Waals surface area contributed by atoms with Crippen LogP contribution in [0.2, 0.25) is 0 Å². The fourth-order valence-electron chi connectivity index (χ4n) is 3.17. The number of aromatic amines is 1. The lowest BCUT2D eigenvalue weighted by Gasteiger charge is -2.23. The number of hydrogen-bond donors (Lipinski definition) is 3. The lowest BCUT2D eigenvalue weighted by atomic mass is 9.98. The highest BCUT2D eigenvalue weighted by Crippen LogP contribution is 2.32. The van der Waals surface area contributed by atoms with Crippen LogP contribution >= 0.6 is 0 Å². The second-order valence-corrected chi connectivity index (χ2v) is 7.00. The van der Waals surface area contributed by atoms with E-state index in [4.69, 9.17) is 9.47 Å². The minimum atomic E-state index is -0.717. The van der Waals surface area contributed by atoms with Crippen molar-refractivity contribution in [2.45, 2.75) is 26.3 Å². The van der Waals surface area contributed by atoms with Gasteiger partial charge in [0, 0.05) is 5.56 Å². The number of nitrogens with one attached hydrogen (secondary N) is 3. The number of anilines is 1. The third-order valence-corrected chi connectivity index (χ3v) is 5.05. The average Bonchev–Trinajstić information content (AvgIpc) is 3.36. The van der Waals surface area contributed by atoms with Gasteiger partial charge in [0.1, 0.15) is 6.04 Å². The van der Waals surface area contributed by atoms with Crippen LogP contribution in [0.4, 0.5) is 5.95 Å². The number of rotatable bonds is 6. The van der Waals surface area contributed by atoms with E-state index < -0.39 is 6.04 Å². The Labute approximate surface area is 167 Å². The molecule has 0 unspecified atom stereocenters. The molecule has 0 saturated heterocycles. The van der Waals surface area contributed by atoms with Crippen molar-refractivity contribution in [1.29, 1.82) is 0 Å². The Bertz CT molecular complexity index is 1030. The van der Waals surface area contributed by atoms with Gasteiger partial charge in [-0.25, -0.2) is 4.98 Å². The molecule has 0 aliphatic carbocycles. The lowest BCUT2D eigenvalue weighted by Crippen LogP contribution is -2.47. The summed E-state index contributed by atoms with van der Waals surface area (Å²) in [6.07, 6.45) is 0.722. The molecule has 8 heteroatoms. The highest BCUT2D eigenvalue weighted by Gasteiger charge is 2.28. The van der Waals surface area contributed by atoms with Gasteiger partial charge in [-0.05, 0) is 36.2 Å². The van der Waals surface area contributed by atoms with E-state index >= 15 is 0 Å². The Kier molecular flexibility index (Phi) is 5.07. The van der Waals surface area contributed by atoms with Gasteiger partial charge in [-0.1, -0.05) is 32.4 Å². The lowest BCUT2D eigenvalue weighted by molar-refractivity contribution is -0.119. The second-order valence-electron chi connectivity index (χ2n) is 7.00.